The minimum Gasteiger partial charge on any atom is -0.388 e. The van der Waals surface area contributed by atoms with Crippen LogP contribution in [0.4, 0.5) is 0 Å². The van der Waals surface area contributed by atoms with E-state index in [1.165, 1.54) is 4.90 Å². The molecule has 0 aliphatic carbocycles. The van der Waals surface area contributed by atoms with Gasteiger partial charge in [0.2, 0.25) is 11.8 Å². The fourth-order valence-electron chi connectivity index (χ4n) is 1.33. The van der Waals surface area contributed by atoms with Crippen LogP contribution in [0.5, 0.6) is 0 Å². The van der Waals surface area contributed by atoms with Crippen molar-refractivity contribution in [1.29, 1.82) is 0 Å². The number of hydrogen-bond donors (Lipinski definition) is 4. The molecule has 0 spiro atoms. The summed E-state index contributed by atoms with van der Waals surface area (Å²) < 4.78 is 0. The van der Waals surface area contributed by atoms with Crippen molar-refractivity contribution in [3.8, 4) is 0 Å². The van der Waals surface area contributed by atoms with Gasteiger partial charge in [-0.05, 0) is 0 Å². The van der Waals surface area contributed by atoms with E-state index in [9.17, 15) is 19.8 Å². The number of aliphatic hydroxyl groups is 2. The first kappa shape index (κ1) is 11.9. The van der Waals surface area contributed by atoms with Crippen LogP contribution in [-0.2, 0) is 9.59 Å². The number of nitrogens with zero attached hydrogens (tertiary/aromatic N) is 1. The summed E-state index contributed by atoms with van der Waals surface area (Å²) in [4.78, 5) is 23.5. The normalized spacial score (nSPS) is 25.4. The molecular formula is C8H15N3O4. The number of aliphatic hydroxyl groups excluding tert-OH is 2. The third kappa shape index (κ3) is 3.15. The number of amides is 2. The van der Waals surface area contributed by atoms with Crippen LogP contribution in [0.3, 0.4) is 0 Å². The van der Waals surface area contributed by atoms with Gasteiger partial charge >= 0.3 is 0 Å². The molecule has 1 aliphatic heterocycles. The van der Waals surface area contributed by atoms with Crippen molar-refractivity contribution < 1.29 is 19.8 Å². The van der Waals surface area contributed by atoms with Crippen molar-refractivity contribution in [3.63, 3.8) is 0 Å². The first-order valence-corrected chi connectivity index (χ1v) is 4.65. The van der Waals surface area contributed by atoms with Crippen LogP contribution in [-0.4, -0.2) is 65.3 Å². The molecule has 0 bridgehead atoms. The van der Waals surface area contributed by atoms with E-state index in [-0.39, 0.29) is 32.1 Å². The number of nitrogens with two attached hydrogens (primary N) is 1. The minimum absolute atomic E-state index is 0.0957. The molecule has 0 aromatic heterocycles. The Balaban J connectivity index is 2.32. The van der Waals surface area contributed by atoms with Crippen LogP contribution in [0.2, 0.25) is 0 Å². The molecule has 0 aromatic carbocycles. The fraction of sp³-hybridized carbons (Fsp3) is 0.750. The molecular weight excluding hydrogens is 202 g/mol. The number of carbonyl (C=O) groups is 2. The third-order valence-corrected chi connectivity index (χ3v) is 2.23. The lowest BCUT2D eigenvalue weighted by molar-refractivity contribution is -0.132. The van der Waals surface area contributed by atoms with Gasteiger partial charge in [0.25, 0.3) is 0 Å². The predicted molar refractivity (Wildman–Crippen MR) is 50.7 cm³/mol. The molecule has 1 fully saturated rings. The summed E-state index contributed by atoms with van der Waals surface area (Å²) in [5.74, 6) is -0.754. The number of nitrogens with one attached hydrogen (secondary N) is 1. The zero-order valence-corrected chi connectivity index (χ0v) is 8.22. The van der Waals surface area contributed by atoms with Gasteiger partial charge in [0, 0.05) is 13.1 Å². The summed E-state index contributed by atoms with van der Waals surface area (Å²) >= 11 is 0. The highest BCUT2D eigenvalue weighted by Gasteiger charge is 2.32. The molecule has 0 radical (unpaired) electrons. The topological polar surface area (TPSA) is 116 Å². The number of rotatable bonds is 3. The molecule has 1 aliphatic rings. The van der Waals surface area contributed by atoms with E-state index in [1.807, 2.05) is 0 Å². The van der Waals surface area contributed by atoms with Crippen LogP contribution in [0.25, 0.3) is 0 Å². The maximum atomic E-state index is 11.4. The maximum absolute atomic E-state index is 11.4. The van der Waals surface area contributed by atoms with E-state index in [0.717, 1.165) is 0 Å². The van der Waals surface area contributed by atoms with Crippen molar-refractivity contribution >= 4 is 11.8 Å². The van der Waals surface area contributed by atoms with Crippen molar-refractivity contribution in [2.75, 3.05) is 26.2 Å². The highest BCUT2D eigenvalue weighted by Crippen LogP contribution is 2.09. The average Bonchev–Trinajstić information content (AvgIpc) is 2.55. The summed E-state index contributed by atoms with van der Waals surface area (Å²) in [6.07, 6.45) is -1.81. The lowest BCUT2D eigenvalue weighted by atomic mass is 10.3. The number of β-amino-alcohol motifs (C(OH)–C–C–N with tert-alkyl or cyclic N) is 2. The molecule has 7 nitrogen and oxygen atoms in total. The second-order valence-electron chi connectivity index (χ2n) is 3.41. The van der Waals surface area contributed by atoms with E-state index in [1.54, 1.807) is 0 Å². The number of likely N-dealkylation sites (tertiary alicyclic amines) is 1. The summed E-state index contributed by atoms with van der Waals surface area (Å²) in [5.41, 5.74) is 5.04. The molecule has 2 unspecified atom stereocenters. The molecule has 1 heterocycles. The van der Waals surface area contributed by atoms with Gasteiger partial charge in [-0.15, -0.1) is 0 Å². The Bertz CT molecular complexity index is 248. The lowest BCUT2D eigenvalue weighted by Gasteiger charge is -2.15. The standard InChI is InChI=1S/C8H15N3O4/c9-1-7(14)10-2-8(15)11-3-5(12)6(13)4-11/h5-6,12-13H,1-4,9H2,(H,10,14). The second-order valence-corrected chi connectivity index (χ2v) is 3.41. The highest BCUT2D eigenvalue weighted by atomic mass is 16.3. The largest absolute Gasteiger partial charge is 0.388 e. The SMILES string of the molecule is NCC(=O)NCC(=O)N1CC(O)C(O)C1. The Labute approximate surface area is 86.8 Å². The molecule has 2 atom stereocenters. The summed E-state index contributed by atoms with van der Waals surface area (Å²) in [7, 11) is 0. The second kappa shape index (κ2) is 5.06. The smallest absolute Gasteiger partial charge is 0.242 e. The first-order chi connectivity index (χ1) is 7.04. The van der Waals surface area contributed by atoms with Crippen molar-refractivity contribution in [2.45, 2.75) is 12.2 Å². The first-order valence-electron chi connectivity index (χ1n) is 4.65. The van der Waals surface area contributed by atoms with Gasteiger partial charge in [0.05, 0.1) is 25.3 Å². The predicted octanol–water partition coefficient (Wildman–Crippen LogP) is -3.37. The van der Waals surface area contributed by atoms with E-state index in [0.29, 0.717) is 0 Å². The Hall–Kier alpha value is -1.18. The van der Waals surface area contributed by atoms with Crippen LogP contribution in [0, 0.1) is 0 Å². The average molecular weight is 217 g/mol. The van der Waals surface area contributed by atoms with Gasteiger partial charge in [0.15, 0.2) is 0 Å². The van der Waals surface area contributed by atoms with E-state index < -0.39 is 18.1 Å². The summed E-state index contributed by atoms with van der Waals surface area (Å²) in [6.45, 7) is -0.134. The van der Waals surface area contributed by atoms with Gasteiger partial charge in [-0.1, -0.05) is 0 Å². The van der Waals surface area contributed by atoms with Gasteiger partial charge in [-0.25, -0.2) is 0 Å². The Kier molecular flexibility index (Phi) is 4.01. The van der Waals surface area contributed by atoms with Crippen molar-refractivity contribution in [1.82, 2.24) is 10.2 Å². The van der Waals surface area contributed by atoms with Gasteiger partial charge < -0.3 is 26.2 Å². The van der Waals surface area contributed by atoms with Crippen molar-refractivity contribution in [2.24, 2.45) is 5.73 Å². The van der Waals surface area contributed by atoms with Crippen LogP contribution in [0.15, 0.2) is 0 Å². The third-order valence-electron chi connectivity index (χ3n) is 2.23. The Morgan fingerprint density at radius 2 is 1.87 bits per heavy atom. The van der Waals surface area contributed by atoms with Crippen LogP contribution in [0.1, 0.15) is 0 Å². The monoisotopic (exact) mass is 217 g/mol. The molecule has 15 heavy (non-hydrogen) atoms. The zero-order chi connectivity index (χ0) is 11.4. The molecule has 0 aromatic rings. The van der Waals surface area contributed by atoms with E-state index in [2.05, 4.69) is 5.32 Å². The van der Waals surface area contributed by atoms with Gasteiger partial charge in [-0.3, -0.25) is 9.59 Å². The van der Waals surface area contributed by atoms with Crippen LogP contribution < -0.4 is 11.1 Å². The number of hydrogen-bond acceptors (Lipinski definition) is 5. The Morgan fingerprint density at radius 1 is 1.33 bits per heavy atom. The van der Waals surface area contributed by atoms with E-state index in [4.69, 9.17) is 5.73 Å². The van der Waals surface area contributed by atoms with Crippen molar-refractivity contribution in [3.05, 3.63) is 0 Å². The quantitative estimate of drug-likeness (QED) is 0.394. The lowest BCUT2D eigenvalue weighted by Crippen LogP contribution is -2.41. The molecule has 2 amide bonds. The fourth-order valence-corrected chi connectivity index (χ4v) is 1.33. The molecule has 1 saturated heterocycles. The summed E-state index contributed by atoms with van der Waals surface area (Å²) in [6, 6.07) is 0. The van der Waals surface area contributed by atoms with Gasteiger partial charge in [-0.2, -0.15) is 0 Å². The molecule has 7 heteroatoms. The highest BCUT2D eigenvalue weighted by molar-refractivity contribution is 5.85. The van der Waals surface area contributed by atoms with E-state index >= 15 is 0 Å². The summed E-state index contributed by atoms with van der Waals surface area (Å²) in [5, 5.41) is 20.7. The number of carbonyl (C=O) groups excluding carboxylic acids is 2. The zero-order valence-electron chi connectivity index (χ0n) is 8.22. The molecule has 86 valence electrons. The molecule has 0 saturated carbocycles. The molecule has 1 rings (SSSR count). The Morgan fingerprint density at radius 3 is 2.33 bits per heavy atom. The van der Waals surface area contributed by atoms with Gasteiger partial charge in [0.1, 0.15) is 0 Å². The minimum atomic E-state index is -0.904. The van der Waals surface area contributed by atoms with Crippen LogP contribution >= 0.6 is 0 Å². The molecule has 5 N–H and O–H groups in total. The maximum Gasteiger partial charge on any atom is 0.242 e.